The Labute approximate surface area is 111 Å². The molecule has 0 saturated heterocycles. The van der Waals surface area contributed by atoms with E-state index in [1.54, 1.807) is 0 Å². The summed E-state index contributed by atoms with van der Waals surface area (Å²) in [6, 6.07) is 17.6. The predicted molar refractivity (Wildman–Crippen MR) is 79.1 cm³/mol. The van der Waals surface area contributed by atoms with Crippen LogP contribution in [0.4, 0.5) is 0 Å². The van der Waals surface area contributed by atoms with Gasteiger partial charge in [-0.1, -0.05) is 66.6 Å². The second-order valence-electron chi connectivity index (χ2n) is 5.35. The lowest BCUT2D eigenvalue weighted by molar-refractivity contribution is 0.678. The summed E-state index contributed by atoms with van der Waals surface area (Å²) in [7, 11) is 0. The molecule has 0 saturated carbocycles. The molecule has 0 spiro atoms. The van der Waals surface area contributed by atoms with Crippen molar-refractivity contribution in [2.24, 2.45) is 0 Å². The van der Waals surface area contributed by atoms with Gasteiger partial charge in [0.05, 0.1) is 0 Å². The Kier molecular flexibility index (Phi) is 4.19. The van der Waals surface area contributed by atoms with E-state index in [-0.39, 0.29) is 0 Å². The van der Waals surface area contributed by atoms with Crippen LogP contribution in [0.2, 0.25) is 0 Å². The van der Waals surface area contributed by atoms with Crippen LogP contribution in [0.3, 0.4) is 0 Å². The lowest BCUT2D eigenvalue weighted by Gasteiger charge is -2.13. The Balaban J connectivity index is 2.01. The summed E-state index contributed by atoms with van der Waals surface area (Å²) in [6.45, 7) is 6.69. The van der Waals surface area contributed by atoms with E-state index in [9.17, 15) is 0 Å². The Hall–Kier alpha value is -1.56. The minimum absolute atomic E-state index is 0.629. The first-order valence-electron chi connectivity index (χ1n) is 6.77. The van der Waals surface area contributed by atoms with Crippen LogP contribution in [0.25, 0.3) is 0 Å². The molecule has 2 rings (SSSR count). The Bertz CT molecular complexity index is 476. The molecule has 0 bridgehead atoms. The first-order valence-corrected chi connectivity index (χ1v) is 6.77. The molecule has 0 aliphatic carbocycles. The lowest BCUT2D eigenvalue weighted by atomic mass is 9.92. The number of benzene rings is 2. The van der Waals surface area contributed by atoms with E-state index in [2.05, 4.69) is 69.3 Å². The van der Waals surface area contributed by atoms with Crippen molar-refractivity contribution in [3.63, 3.8) is 0 Å². The van der Waals surface area contributed by atoms with E-state index in [4.69, 9.17) is 0 Å². The van der Waals surface area contributed by atoms with E-state index in [0.29, 0.717) is 5.92 Å². The second kappa shape index (κ2) is 5.86. The summed E-state index contributed by atoms with van der Waals surface area (Å²) >= 11 is 0. The zero-order valence-corrected chi connectivity index (χ0v) is 11.6. The molecule has 0 aliphatic heterocycles. The number of aryl methyl sites for hydroxylation is 3. The first kappa shape index (κ1) is 12.9. The molecule has 0 radical (unpaired) electrons. The molecule has 0 N–H and O–H groups in total. The highest BCUT2D eigenvalue weighted by molar-refractivity contribution is 5.30. The Morgan fingerprint density at radius 1 is 0.889 bits per heavy atom. The highest BCUT2D eigenvalue weighted by atomic mass is 14.1. The smallest absolute Gasteiger partial charge is 0.0187 e. The second-order valence-corrected chi connectivity index (χ2v) is 5.35. The van der Waals surface area contributed by atoms with Gasteiger partial charge in [-0.2, -0.15) is 0 Å². The molecule has 0 heteroatoms. The average Bonchev–Trinajstić information content (AvgIpc) is 2.36. The number of hydrogen-bond donors (Lipinski definition) is 0. The third kappa shape index (κ3) is 3.46. The van der Waals surface area contributed by atoms with Crippen LogP contribution in [0.5, 0.6) is 0 Å². The van der Waals surface area contributed by atoms with Gasteiger partial charge in [0.2, 0.25) is 0 Å². The maximum Gasteiger partial charge on any atom is -0.0187 e. The van der Waals surface area contributed by atoms with Crippen molar-refractivity contribution in [3.8, 4) is 0 Å². The van der Waals surface area contributed by atoms with Crippen LogP contribution in [0.15, 0.2) is 48.5 Å². The minimum atomic E-state index is 0.629. The van der Waals surface area contributed by atoms with Gasteiger partial charge in [-0.25, -0.2) is 0 Å². The quantitative estimate of drug-likeness (QED) is 0.700. The normalized spacial score (nSPS) is 12.4. The Morgan fingerprint density at radius 2 is 1.50 bits per heavy atom. The molecule has 0 nitrogen and oxygen atoms in total. The SMILES string of the molecule is Cc1cc(C)cc(C(C)CCc2ccccc2)c1. The molecule has 94 valence electrons. The molecule has 2 aromatic carbocycles. The van der Waals surface area contributed by atoms with Gasteiger partial charge >= 0.3 is 0 Å². The van der Waals surface area contributed by atoms with Crippen molar-refractivity contribution in [1.29, 1.82) is 0 Å². The van der Waals surface area contributed by atoms with Gasteiger partial charge < -0.3 is 0 Å². The lowest BCUT2D eigenvalue weighted by Crippen LogP contribution is -1.97. The van der Waals surface area contributed by atoms with Crippen LogP contribution in [0.1, 0.15) is 41.5 Å². The molecule has 18 heavy (non-hydrogen) atoms. The van der Waals surface area contributed by atoms with Gasteiger partial charge in [0.1, 0.15) is 0 Å². The summed E-state index contributed by atoms with van der Waals surface area (Å²) < 4.78 is 0. The largest absolute Gasteiger partial charge is 0.0622 e. The zero-order valence-electron chi connectivity index (χ0n) is 11.6. The van der Waals surface area contributed by atoms with Gasteiger partial charge in [0.15, 0.2) is 0 Å². The van der Waals surface area contributed by atoms with E-state index in [1.165, 1.54) is 28.7 Å². The first-order chi connectivity index (χ1) is 8.65. The molecule has 0 heterocycles. The van der Waals surface area contributed by atoms with Gasteiger partial charge in [-0.3, -0.25) is 0 Å². The van der Waals surface area contributed by atoms with Crippen LogP contribution >= 0.6 is 0 Å². The van der Waals surface area contributed by atoms with Crippen LogP contribution < -0.4 is 0 Å². The van der Waals surface area contributed by atoms with Crippen molar-refractivity contribution in [2.75, 3.05) is 0 Å². The molecule has 0 fully saturated rings. The number of rotatable bonds is 4. The molecule has 0 aliphatic rings. The number of hydrogen-bond acceptors (Lipinski definition) is 0. The molecule has 0 aromatic heterocycles. The average molecular weight is 238 g/mol. The van der Waals surface area contributed by atoms with Crippen molar-refractivity contribution < 1.29 is 0 Å². The third-order valence-corrected chi connectivity index (χ3v) is 3.52. The van der Waals surface area contributed by atoms with Crippen LogP contribution in [-0.2, 0) is 6.42 Å². The molecule has 1 atom stereocenters. The monoisotopic (exact) mass is 238 g/mol. The van der Waals surface area contributed by atoms with Gasteiger partial charge in [-0.05, 0) is 43.7 Å². The fourth-order valence-electron chi connectivity index (χ4n) is 2.49. The highest BCUT2D eigenvalue weighted by Gasteiger charge is 2.06. The summed E-state index contributed by atoms with van der Waals surface area (Å²) in [5, 5.41) is 0. The molecule has 1 unspecified atom stereocenters. The molecular weight excluding hydrogens is 216 g/mol. The summed E-state index contributed by atoms with van der Waals surface area (Å²) in [4.78, 5) is 0. The van der Waals surface area contributed by atoms with E-state index in [1.807, 2.05) is 0 Å². The summed E-state index contributed by atoms with van der Waals surface area (Å²) in [6.07, 6.45) is 2.38. The topological polar surface area (TPSA) is 0 Å². The van der Waals surface area contributed by atoms with Crippen molar-refractivity contribution in [3.05, 3.63) is 70.8 Å². The van der Waals surface area contributed by atoms with Crippen molar-refractivity contribution in [2.45, 2.75) is 39.5 Å². The fourth-order valence-corrected chi connectivity index (χ4v) is 2.49. The standard InChI is InChI=1S/C18H22/c1-14-11-15(2)13-18(12-14)16(3)9-10-17-7-5-4-6-8-17/h4-8,11-13,16H,9-10H2,1-3H3. The maximum absolute atomic E-state index is 2.33. The van der Waals surface area contributed by atoms with E-state index >= 15 is 0 Å². The van der Waals surface area contributed by atoms with E-state index < -0.39 is 0 Å². The highest BCUT2D eigenvalue weighted by Crippen LogP contribution is 2.23. The zero-order chi connectivity index (χ0) is 13.0. The summed E-state index contributed by atoms with van der Waals surface area (Å²) in [5.74, 6) is 0.629. The molecule has 0 amide bonds. The van der Waals surface area contributed by atoms with Crippen molar-refractivity contribution >= 4 is 0 Å². The summed E-state index contributed by atoms with van der Waals surface area (Å²) in [5.41, 5.74) is 5.66. The maximum atomic E-state index is 2.33. The minimum Gasteiger partial charge on any atom is -0.0622 e. The van der Waals surface area contributed by atoms with Gasteiger partial charge in [-0.15, -0.1) is 0 Å². The van der Waals surface area contributed by atoms with Crippen LogP contribution in [-0.4, -0.2) is 0 Å². The predicted octanol–water partition coefficient (Wildman–Crippen LogP) is 5.04. The van der Waals surface area contributed by atoms with Crippen molar-refractivity contribution in [1.82, 2.24) is 0 Å². The Morgan fingerprint density at radius 3 is 2.11 bits per heavy atom. The molecular formula is C18H22. The van der Waals surface area contributed by atoms with E-state index in [0.717, 1.165) is 6.42 Å². The fraction of sp³-hybridized carbons (Fsp3) is 0.333. The van der Waals surface area contributed by atoms with Crippen LogP contribution in [0, 0.1) is 13.8 Å². The van der Waals surface area contributed by atoms with Gasteiger partial charge in [0.25, 0.3) is 0 Å². The third-order valence-electron chi connectivity index (χ3n) is 3.52. The van der Waals surface area contributed by atoms with Gasteiger partial charge in [0, 0.05) is 0 Å². The molecule has 2 aromatic rings.